The summed E-state index contributed by atoms with van der Waals surface area (Å²) < 4.78 is 84.3. The van der Waals surface area contributed by atoms with E-state index in [1.54, 1.807) is 0 Å². The number of hydrogen-bond acceptors (Lipinski definition) is 33. The van der Waals surface area contributed by atoms with Gasteiger partial charge < -0.3 is 163 Å². The molecule has 0 aromatic carbocycles. The summed E-state index contributed by atoms with van der Waals surface area (Å²) in [5.41, 5.74) is 0. The van der Waals surface area contributed by atoms with Gasteiger partial charge in [0.25, 0.3) is 0 Å². The molecule has 8 rings (SSSR count). The van der Waals surface area contributed by atoms with Crippen molar-refractivity contribution in [1.29, 1.82) is 0 Å². The van der Waals surface area contributed by atoms with Gasteiger partial charge in [-0.25, -0.2) is 0 Å². The summed E-state index contributed by atoms with van der Waals surface area (Å²) in [4.78, 5) is 0. The highest BCUT2D eigenvalue weighted by Gasteiger charge is 2.55. The van der Waals surface area contributed by atoms with Crippen molar-refractivity contribution in [2.75, 3.05) is 52.9 Å². The fourth-order valence-corrected chi connectivity index (χ4v) is 9.26. The van der Waals surface area contributed by atoms with Crippen molar-refractivity contribution in [2.45, 2.75) is 197 Å². The largest absolute Gasteiger partial charge is 0.394 e. The summed E-state index contributed by atoms with van der Waals surface area (Å²) in [6, 6.07) is 0. The van der Waals surface area contributed by atoms with Crippen LogP contribution in [0.2, 0.25) is 0 Å². The predicted molar refractivity (Wildman–Crippen MR) is 216 cm³/mol. The summed E-state index contributed by atoms with van der Waals surface area (Å²) in [7, 11) is 0. The smallest absolute Gasteiger partial charge is 0.187 e. The molecule has 0 aromatic heterocycles. The minimum Gasteiger partial charge on any atom is -0.394 e. The van der Waals surface area contributed by atoms with Crippen LogP contribution in [0.4, 0.5) is 0 Å². The van der Waals surface area contributed by atoms with E-state index in [0.717, 1.165) is 0 Å². The zero-order chi connectivity index (χ0) is 52.7. The van der Waals surface area contributed by atoms with Crippen molar-refractivity contribution >= 4 is 0 Å². The van der Waals surface area contributed by atoms with Gasteiger partial charge in [0.05, 0.1) is 52.9 Å². The van der Waals surface area contributed by atoms with Crippen LogP contribution in [0.5, 0.6) is 0 Å². The van der Waals surface area contributed by atoms with Crippen LogP contribution in [0, 0.1) is 0 Å². The second-order valence-electron chi connectivity index (χ2n) is 18.7. The van der Waals surface area contributed by atoms with Crippen LogP contribution < -0.4 is 0 Å². The molecule has 0 spiro atoms. The van der Waals surface area contributed by atoms with E-state index in [1.807, 2.05) is 0 Å². The molecule has 8 aliphatic heterocycles. The Kier molecular flexibility index (Phi) is 19.6. The van der Waals surface area contributed by atoms with E-state index in [0.29, 0.717) is 0 Å². The highest BCUT2D eigenvalue weighted by molar-refractivity contribution is 4.97. The van der Waals surface area contributed by atoms with Crippen molar-refractivity contribution in [3.05, 3.63) is 0 Å². The van der Waals surface area contributed by atoms with Crippen LogP contribution in [0.25, 0.3) is 0 Å². The van der Waals surface area contributed by atoms with E-state index in [1.165, 1.54) is 0 Å². The zero-order valence-electron chi connectivity index (χ0n) is 38.3. The van der Waals surface area contributed by atoms with E-state index in [-0.39, 0.29) is 0 Å². The Morgan fingerprint density at radius 3 is 0.959 bits per heavy atom. The van der Waals surface area contributed by atoms with Gasteiger partial charge in [0.2, 0.25) is 0 Å². The molecule has 32 atom stereocenters. The van der Waals surface area contributed by atoms with Crippen molar-refractivity contribution in [3.8, 4) is 0 Å². The standard InChI is InChI=1S/C40H66O33/c41-1-10-18(45)27(54)39(65-10)72-31-15(70-34-24(51)17(44)9(43)3-60-34)7-63-37(29(31)56)69-14-6-62-36(26(53)22(14)49)71-16-8-64-38(30(57)32(16)73-40-28(55)19(46)11(2-42)66-40)68-13-5-61-35(25(52)21(13)48)67-12-4-59-33(58)23(50)20(12)47/h9-58H,1-8H2/t9-,10-,11-,12-,13-,14-,15-,16-,17+,18-,19-,20+,21+,22+,23-,24-,25-,26-,27+,28+,29-,30-,31+,32+,33-,34+,35+,36+,37+,38+,39-,40-/m1/s1. The summed E-state index contributed by atoms with van der Waals surface area (Å²) in [5, 5.41) is 190. The van der Waals surface area contributed by atoms with E-state index in [9.17, 15) is 91.9 Å². The van der Waals surface area contributed by atoms with E-state index >= 15 is 0 Å². The molecule has 33 heteroatoms. The molecule has 0 radical (unpaired) electrons. The van der Waals surface area contributed by atoms with Crippen LogP contribution >= 0.6 is 0 Å². The number of ether oxygens (including phenoxy) is 15. The molecule has 18 N–H and O–H groups in total. The third kappa shape index (κ3) is 12.3. The first-order valence-corrected chi connectivity index (χ1v) is 23.4. The number of aliphatic hydroxyl groups excluding tert-OH is 18. The molecule has 0 bridgehead atoms. The fourth-order valence-electron chi connectivity index (χ4n) is 9.26. The Balaban J connectivity index is 0.905. The molecular formula is C40H66O33. The predicted octanol–water partition coefficient (Wildman–Crippen LogP) is -13.3. The maximum atomic E-state index is 11.7. The Hall–Kier alpha value is -1.32. The van der Waals surface area contributed by atoms with Crippen LogP contribution in [0.1, 0.15) is 0 Å². The SMILES string of the molecule is OC[C@H]1O[C@H](O[C@@H]2[C@@H](O)[C@H](O[C@@H]3CO[C@@H](O[C@@H]4CO[C@@H](O[C@@H]5CO[C@@H](O[C@@H]6CO[C@@H](O)[C@H](O)[C@H]6O)[C@H](O)[C@H]5O)[C@H](O)[C@H]4O[C@H]4O[C@H](CO)[C@@H](O)[C@@H]4O)[C@H](O)[C@H]3O)OC[C@H]2O[C@@H]2OC[C@@H](O)[C@H](O)[C@H]2O)[C@@H](O)[C@@H]1O. The molecule has 424 valence electrons. The Morgan fingerprint density at radius 2 is 0.575 bits per heavy atom. The second kappa shape index (κ2) is 24.8. The highest BCUT2D eigenvalue weighted by atomic mass is 16.8. The molecule has 0 saturated carbocycles. The van der Waals surface area contributed by atoms with Crippen molar-refractivity contribution < 1.29 is 163 Å². The summed E-state index contributed by atoms with van der Waals surface area (Å²) in [6.07, 6.45) is -53.9. The molecule has 0 amide bonds. The van der Waals surface area contributed by atoms with Gasteiger partial charge in [0, 0.05) is 0 Å². The van der Waals surface area contributed by atoms with Crippen LogP contribution in [0.3, 0.4) is 0 Å². The third-order valence-electron chi connectivity index (χ3n) is 13.7. The Labute approximate surface area is 412 Å². The number of aliphatic hydroxyl groups is 18. The quantitative estimate of drug-likeness (QED) is 0.0682. The first-order valence-electron chi connectivity index (χ1n) is 23.4. The molecule has 8 aliphatic rings. The van der Waals surface area contributed by atoms with Gasteiger partial charge in [-0.05, 0) is 0 Å². The van der Waals surface area contributed by atoms with Gasteiger partial charge in [-0.1, -0.05) is 0 Å². The Morgan fingerprint density at radius 1 is 0.274 bits per heavy atom. The monoisotopic (exact) mass is 1070 g/mol. The van der Waals surface area contributed by atoms with E-state index < -0.39 is 250 Å². The molecule has 0 aliphatic carbocycles. The van der Waals surface area contributed by atoms with Crippen molar-refractivity contribution in [2.24, 2.45) is 0 Å². The minimum atomic E-state index is -2.02. The van der Waals surface area contributed by atoms with Gasteiger partial charge in [0.15, 0.2) is 50.3 Å². The number of hydrogen-bond donors (Lipinski definition) is 18. The van der Waals surface area contributed by atoms with Crippen molar-refractivity contribution in [1.82, 2.24) is 0 Å². The summed E-state index contributed by atoms with van der Waals surface area (Å²) >= 11 is 0. The maximum Gasteiger partial charge on any atom is 0.187 e. The van der Waals surface area contributed by atoms with Gasteiger partial charge in [-0.2, -0.15) is 0 Å². The van der Waals surface area contributed by atoms with E-state index in [2.05, 4.69) is 0 Å². The molecule has 8 fully saturated rings. The van der Waals surface area contributed by atoms with Crippen LogP contribution in [0.15, 0.2) is 0 Å². The lowest BCUT2D eigenvalue weighted by Crippen LogP contribution is -2.64. The molecule has 33 nitrogen and oxygen atoms in total. The van der Waals surface area contributed by atoms with Crippen LogP contribution in [-0.4, -0.2) is 342 Å². The topological polar surface area (TPSA) is 503 Å². The van der Waals surface area contributed by atoms with Gasteiger partial charge >= 0.3 is 0 Å². The van der Waals surface area contributed by atoms with Gasteiger partial charge in [-0.3, -0.25) is 0 Å². The lowest BCUT2D eigenvalue weighted by Gasteiger charge is -2.46. The lowest BCUT2D eigenvalue weighted by atomic mass is 10.0. The molecular weight excluding hydrogens is 1010 g/mol. The van der Waals surface area contributed by atoms with Gasteiger partial charge in [-0.15, -0.1) is 0 Å². The molecule has 73 heavy (non-hydrogen) atoms. The van der Waals surface area contributed by atoms with Crippen LogP contribution in [-0.2, 0) is 71.1 Å². The second-order valence-corrected chi connectivity index (χ2v) is 18.7. The lowest BCUT2D eigenvalue weighted by molar-refractivity contribution is -0.377. The average molecular weight is 1070 g/mol. The molecule has 0 aromatic rings. The maximum absolute atomic E-state index is 11.7. The van der Waals surface area contributed by atoms with E-state index in [4.69, 9.17) is 71.1 Å². The minimum absolute atomic E-state index is 0.425. The van der Waals surface area contributed by atoms with Crippen molar-refractivity contribution in [3.63, 3.8) is 0 Å². The zero-order valence-corrected chi connectivity index (χ0v) is 38.3. The molecule has 8 saturated heterocycles. The Bertz CT molecular complexity index is 1710. The first-order chi connectivity index (χ1) is 34.7. The first kappa shape index (κ1) is 57.8. The normalized spacial score (nSPS) is 54.2. The highest BCUT2D eigenvalue weighted by Crippen LogP contribution is 2.35. The molecule has 8 heterocycles. The average Bonchev–Trinajstić information content (AvgIpc) is 3.81. The summed E-state index contributed by atoms with van der Waals surface area (Å²) in [5.74, 6) is 0. The third-order valence-corrected chi connectivity index (χ3v) is 13.7. The summed E-state index contributed by atoms with van der Waals surface area (Å²) in [6.45, 7) is -4.73. The molecule has 0 unspecified atom stereocenters. The number of rotatable bonds is 16. The van der Waals surface area contributed by atoms with Gasteiger partial charge in [0.1, 0.15) is 146 Å². The fraction of sp³-hybridized carbons (Fsp3) is 1.00.